The molecule has 96 valence electrons. The van der Waals surface area contributed by atoms with E-state index in [9.17, 15) is 14.9 Å². The summed E-state index contributed by atoms with van der Waals surface area (Å²) in [6.07, 6.45) is 0.721. The molecule has 1 aliphatic rings. The molecule has 6 nitrogen and oxygen atoms in total. The molecule has 1 saturated heterocycles. The molecule has 7 heteroatoms. The maximum Gasteiger partial charge on any atom is 0.270 e. The van der Waals surface area contributed by atoms with Gasteiger partial charge in [0, 0.05) is 29.7 Å². The second kappa shape index (κ2) is 4.93. The first-order chi connectivity index (χ1) is 8.49. The van der Waals surface area contributed by atoms with Crippen molar-refractivity contribution in [2.45, 2.75) is 6.42 Å². The number of benzene rings is 1. The van der Waals surface area contributed by atoms with Gasteiger partial charge in [0.15, 0.2) is 0 Å². The van der Waals surface area contributed by atoms with Gasteiger partial charge in [-0.25, -0.2) is 0 Å². The number of nitrogens with zero attached hydrogens (tertiary/aromatic N) is 2. The summed E-state index contributed by atoms with van der Waals surface area (Å²) in [6, 6.07) is 4.61. The van der Waals surface area contributed by atoms with E-state index in [1.54, 1.807) is 6.07 Å². The third-order valence-corrected chi connectivity index (χ3v) is 3.71. The van der Waals surface area contributed by atoms with Crippen molar-refractivity contribution >= 4 is 33.2 Å². The number of primary amides is 1. The minimum absolute atomic E-state index is 0.0382. The largest absolute Gasteiger partial charge is 0.370 e. The molecule has 1 amide bonds. The fourth-order valence-corrected chi connectivity index (χ4v) is 2.69. The van der Waals surface area contributed by atoms with Crippen LogP contribution in [0.15, 0.2) is 22.7 Å². The fraction of sp³-hybridized carbons (Fsp3) is 0.364. The quantitative estimate of drug-likeness (QED) is 0.679. The van der Waals surface area contributed by atoms with Crippen molar-refractivity contribution in [3.63, 3.8) is 0 Å². The normalized spacial score (nSPS) is 18.9. The van der Waals surface area contributed by atoms with Crippen LogP contribution in [0.5, 0.6) is 0 Å². The Morgan fingerprint density at radius 1 is 1.56 bits per heavy atom. The lowest BCUT2D eigenvalue weighted by molar-refractivity contribution is -0.384. The number of rotatable bonds is 3. The van der Waals surface area contributed by atoms with E-state index in [4.69, 9.17) is 5.73 Å². The van der Waals surface area contributed by atoms with Crippen LogP contribution in [0.25, 0.3) is 0 Å². The second-order valence-corrected chi connectivity index (χ2v) is 5.08. The van der Waals surface area contributed by atoms with Gasteiger partial charge in [-0.1, -0.05) is 0 Å². The third kappa shape index (κ3) is 2.45. The zero-order valence-electron chi connectivity index (χ0n) is 9.51. The number of nitro benzene ring substituents is 1. The second-order valence-electron chi connectivity index (χ2n) is 4.23. The van der Waals surface area contributed by atoms with Crippen LogP contribution in [0.1, 0.15) is 6.42 Å². The molecule has 1 fully saturated rings. The SMILES string of the molecule is NC(=O)[C@@H]1CCN(c2ccc([N+](=O)[O-])cc2Br)C1. The van der Waals surface area contributed by atoms with Gasteiger partial charge in [0.25, 0.3) is 5.69 Å². The predicted octanol–water partition coefficient (Wildman–Crippen LogP) is 1.67. The first-order valence-corrected chi connectivity index (χ1v) is 6.26. The van der Waals surface area contributed by atoms with Crippen molar-refractivity contribution in [1.82, 2.24) is 0 Å². The van der Waals surface area contributed by atoms with Crippen molar-refractivity contribution in [3.8, 4) is 0 Å². The van der Waals surface area contributed by atoms with Crippen molar-refractivity contribution in [1.29, 1.82) is 0 Å². The lowest BCUT2D eigenvalue weighted by atomic mass is 10.1. The molecule has 18 heavy (non-hydrogen) atoms. The summed E-state index contributed by atoms with van der Waals surface area (Å²) in [7, 11) is 0. The zero-order chi connectivity index (χ0) is 13.3. The van der Waals surface area contributed by atoms with Gasteiger partial charge in [0.2, 0.25) is 5.91 Å². The van der Waals surface area contributed by atoms with Crippen molar-refractivity contribution in [2.24, 2.45) is 11.7 Å². The van der Waals surface area contributed by atoms with E-state index in [-0.39, 0.29) is 17.5 Å². The average Bonchev–Trinajstić information content (AvgIpc) is 2.78. The number of hydrogen-bond donors (Lipinski definition) is 1. The molecule has 0 spiro atoms. The lowest BCUT2D eigenvalue weighted by Gasteiger charge is -2.19. The number of nitro groups is 1. The molecule has 1 heterocycles. The number of carbonyl (C=O) groups excluding carboxylic acids is 1. The van der Waals surface area contributed by atoms with Crippen LogP contribution in [0.4, 0.5) is 11.4 Å². The van der Waals surface area contributed by atoms with Gasteiger partial charge in [-0.2, -0.15) is 0 Å². The summed E-state index contributed by atoms with van der Waals surface area (Å²) in [5.41, 5.74) is 6.16. The molecule has 0 aliphatic carbocycles. The Morgan fingerprint density at radius 2 is 2.28 bits per heavy atom. The molecule has 0 bridgehead atoms. The smallest absolute Gasteiger partial charge is 0.270 e. The van der Waals surface area contributed by atoms with Crippen LogP contribution < -0.4 is 10.6 Å². The Morgan fingerprint density at radius 3 is 2.78 bits per heavy atom. The molecule has 0 aromatic heterocycles. The molecule has 1 atom stereocenters. The number of nitrogens with two attached hydrogens (primary N) is 1. The Kier molecular flexibility index (Phi) is 3.51. The number of anilines is 1. The van der Waals surface area contributed by atoms with E-state index in [1.807, 2.05) is 4.90 Å². The lowest BCUT2D eigenvalue weighted by Crippen LogP contribution is -2.27. The minimum atomic E-state index is -0.440. The van der Waals surface area contributed by atoms with E-state index < -0.39 is 4.92 Å². The van der Waals surface area contributed by atoms with E-state index in [0.717, 1.165) is 18.7 Å². The molecular formula is C11H12BrN3O3. The van der Waals surface area contributed by atoms with Gasteiger partial charge in [-0.3, -0.25) is 14.9 Å². The van der Waals surface area contributed by atoms with Crippen molar-refractivity contribution in [2.75, 3.05) is 18.0 Å². The summed E-state index contributed by atoms with van der Waals surface area (Å²) in [5.74, 6) is -0.442. The molecule has 0 unspecified atom stereocenters. The number of hydrogen-bond acceptors (Lipinski definition) is 4. The van der Waals surface area contributed by atoms with E-state index >= 15 is 0 Å². The Labute approximate surface area is 112 Å². The summed E-state index contributed by atoms with van der Waals surface area (Å²) < 4.78 is 0.654. The van der Waals surface area contributed by atoms with Gasteiger partial charge < -0.3 is 10.6 Å². The average molecular weight is 314 g/mol. The van der Waals surface area contributed by atoms with Crippen LogP contribution in [0.2, 0.25) is 0 Å². The maximum atomic E-state index is 11.1. The van der Waals surface area contributed by atoms with Crippen LogP contribution in [0, 0.1) is 16.0 Å². The summed E-state index contributed by atoms with van der Waals surface area (Å²) in [6.45, 7) is 1.29. The van der Waals surface area contributed by atoms with E-state index in [0.29, 0.717) is 11.0 Å². The van der Waals surface area contributed by atoms with Gasteiger partial charge in [-0.05, 0) is 28.4 Å². The van der Waals surface area contributed by atoms with Crippen LogP contribution in [0.3, 0.4) is 0 Å². The van der Waals surface area contributed by atoms with Gasteiger partial charge in [0.05, 0.1) is 16.5 Å². The van der Waals surface area contributed by atoms with Gasteiger partial charge >= 0.3 is 0 Å². The van der Waals surface area contributed by atoms with Crippen LogP contribution in [-0.4, -0.2) is 23.9 Å². The molecule has 1 aromatic rings. The summed E-state index contributed by atoms with van der Waals surface area (Å²) in [5, 5.41) is 10.6. The van der Waals surface area contributed by atoms with E-state index in [2.05, 4.69) is 15.9 Å². The molecule has 1 aliphatic heterocycles. The molecular weight excluding hydrogens is 302 g/mol. The molecule has 0 radical (unpaired) electrons. The molecule has 0 saturated carbocycles. The number of amides is 1. The third-order valence-electron chi connectivity index (χ3n) is 3.07. The topological polar surface area (TPSA) is 89.5 Å². The first-order valence-electron chi connectivity index (χ1n) is 5.47. The standard InChI is InChI=1S/C11H12BrN3O3/c12-9-5-8(15(17)18)1-2-10(9)14-4-3-7(6-14)11(13)16/h1-2,5,7H,3-4,6H2,(H2,13,16)/t7-/m1/s1. The molecule has 2 rings (SSSR count). The predicted molar refractivity (Wildman–Crippen MR) is 70.3 cm³/mol. The highest BCUT2D eigenvalue weighted by Gasteiger charge is 2.28. The number of halogens is 1. The highest BCUT2D eigenvalue weighted by atomic mass is 79.9. The summed E-state index contributed by atoms with van der Waals surface area (Å²) in [4.78, 5) is 23.3. The summed E-state index contributed by atoms with van der Waals surface area (Å²) >= 11 is 3.32. The number of carbonyl (C=O) groups is 1. The maximum absolute atomic E-state index is 11.1. The zero-order valence-corrected chi connectivity index (χ0v) is 11.1. The van der Waals surface area contributed by atoms with Gasteiger partial charge in [-0.15, -0.1) is 0 Å². The van der Waals surface area contributed by atoms with Crippen LogP contribution in [-0.2, 0) is 4.79 Å². The minimum Gasteiger partial charge on any atom is -0.370 e. The first kappa shape index (κ1) is 12.8. The van der Waals surface area contributed by atoms with Crippen molar-refractivity contribution in [3.05, 3.63) is 32.8 Å². The van der Waals surface area contributed by atoms with E-state index in [1.165, 1.54) is 12.1 Å². The Hall–Kier alpha value is -1.63. The Balaban J connectivity index is 2.20. The Bertz CT molecular complexity index is 506. The molecule has 1 aromatic carbocycles. The van der Waals surface area contributed by atoms with Crippen LogP contribution >= 0.6 is 15.9 Å². The van der Waals surface area contributed by atoms with Gasteiger partial charge in [0.1, 0.15) is 0 Å². The van der Waals surface area contributed by atoms with Crippen molar-refractivity contribution < 1.29 is 9.72 Å². The monoisotopic (exact) mass is 313 g/mol. The highest BCUT2D eigenvalue weighted by molar-refractivity contribution is 9.10. The fourth-order valence-electron chi connectivity index (χ4n) is 2.08. The highest BCUT2D eigenvalue weighted by Crippen LogP contribution is 2.33. The number of non-ortho nitro benzene ring substituents is 1. The molecule has 2 N–H and O–H groups in total.